The van der Waals surface area contributed by atoms with Crippen molar-refractivity contribution < 1.29 is 5.11 Å². The number of hydrogen-bond acceptors (Lipinski definition) is 1. The molecule has 0 amide bonds. The minimum absolute atomic E-state index is 0.203. The number of phenolic OH excluding ortho intramolecular Hbond substituents is 1. The third kappa shape index (κ3) is 3.01. The Bertz CT molecular complexity index is 339. The smallest absolute Gasteiger partial charge is 0.118 e. The van der Waals surface area contributed by atoms with Crippen LogP contribution in [0.25, 0.3) is 0 Å². The zero-order valence-corrected chi connectivity index (χ0v) is 11.0. The molecule has 0 spiro atoms. The minimum Gasteiger partial charge on any atom is -0.508 e. The summed E-state index contributed by atoms with van der Waals surface area (Å²) in [7, 11) is 0. The highest BCUT2D eigenvalue weighted by atomic mass is 16.3. The first-order valence-electron chi connectivity index (χ1n) is 6.33. The highest BCUT2D eigenvalue weighted by Gasteiger charge is 2.18. The summed E-state index contributed by atoms with van der Waals surface area (Å²) in [5.41, 5.74) is 2.63. The lowest BCUT2D eigenvalue weighted by molar-refractivity contribution is 0.462. The van der Waals surface area contributed by atoms with Crippen LogP contribution in [-0.4, -0.2) is 5.11 Å². The molecule has 90 valence electrons. The molecule has 0 aliphatic carbocycles. The first kappa shape index (κ1) is 13.1. The Morgan fingerprint density at radius 3 is 2.44 bits per heavy atom. The second-order valence-corrected chi connectivity index (χ2v) is 5.18. The molecular weight excluding hydrogens is 196 g/mol. The monoisotopic (exact) mass is 220 g/mol. The van der Waals surface area contributed by atoms with Gasteiger partial charge >= 0.3 is 0 Å². The summed E-state index contributed by atoms with van der Waals surface area (Å²) in [6, 6.07) is 6.07. The highest BCUT2D eigenvalue weighted by Crippen LogP contribution is 2.30. The van der Waals surface area contributed by atoms with Crippen LogP contribution in [0.15, 0.2) is 18.2 Å². The summed E-state index contributed by atoms with van der Waals surface area (Å²) in [6.45, 7) is 8.89. The standard InChI is InChI=1S/C15H24O/c1-5-7-8-12-11-13(9-10-14(12)16)15(3,4)6-2/h9-11,16H,5-8H2,1-4H3. The van der Waals surface area contributed by atoms with Crippen LogP contribution < -0.4 is 0 Å². The van der Waals surface area contributed by atoms with E-state index in [1.807, 2.05) is 12.1 Å². The Labute approximate surface area is 99.5 Å². The maximum Gasteiger partial charge on any atom is 0.118 e. The van der Waals surface area contributed by atoms with Crippen molar-refractivity contribution in [1.29, 1.82) is 0 Å². The zero-order chi connectivity index (χ0) is 12.2. The third-order valence-electron chi connectivity index (χ3n) is 3.54. The lowest BCUT2D eigenvalue weighted by Gasteiger charge is -2.24. The maximum atomic E-state index is 9.80. The van der Waals surface area contributed by atoms with Crippen LogP contribution >= 0.6 is 0 Å². The van der Waals surface area contributed by atoms with Crippen molar-refractivity contribution in [2.45, 2.75) is 58.8 Å². The molecule has 0 atom stereocenters. The van der Waals surface area contributed by atoms with Crippen molar-refractivity contribution in [3.8, 4) is 5.75 Å². The molecule has 1 aromatic rings. The van der Waals surface area contributed by atoms with Crippen LogP contribution in [0, 0.1) is 0 Å². The second-order valence-electron chi connectivity index (χ2n) is 5.18. The average Bonchev–Trinajstić information content (AvgIpc) is 2.27. The molecular formula is C15H24O. The Balaban J connectivity index is 2.97. The van der Waals surface area contributed by atoms with E-state index in [4.69, 9.17) is 0 Å². The summed E-state index contributed by atoms with van der Waals surface area (Å²) >= 11 is 0. The fourth-order valence-corrected chi connectivity index (χ4v) is 1.78. The summed E-state index contributed by atoms with van der Waals surface area (Å²) in [5.74, 6) is 0.448. The van der Waals surface area contributed by atoms with Gasteiger partial charge < -0.3 is 5.11 Å². The maximum absolute atomic E-state index is 9.80. The highest BCUT2D eigenvalue weighted by molar-refractivity contribution is 5.39. The van der Waals surface area contributed by atoms with Gasteiger partial charge in [-0.1, -0.05) is 46.2 Å². The van der Waals surface area contributed by atoms with Gasteiger partial charge in [-0.15, -0.1) is 0 Å². The van der Waals surface area contributed by atoms with E-state index < -0.39 is 0 Å². The van der Waals surface area contributed by atoms with Gasteiger partial charge in [-0.05, 0) is 41.9 Å². The van der Waals surface area contributed by atoms with Crippen molar-refractivity contribution in [2.24, 2.45) is 0 Å². The SMILES string of the molecule is CCCCc1cc(C(C)(C)CC)ccc1O. The van der Waals surface area contributed by atoms with Gasteiger partial charge in [0, 0.05) is 0 Å². The van der Waals surface area contributed by atoms with E-state index in [1.165, 1.54) is 12.0 Å². The predicted octanol–water partition coefficient (Wildman–Crippen LogP) is 4.42. The minimum atomic E-state index is 0.203. The Morgan fingerprint density at radius 2 is 1.88 bits per heavy atom. The van der Waals surface area contributed by atoms with Crippen molar-refractivity contribution in [3.63, 3.8) is 0 Å². The van der Waals surface area contributed by atoms with E-state index in [0.717, 1.165) is 24.8 Å². The van der Waals surface area contributed by atoms with Crippen molar-refractivity contribution in [3.05, 3.63) is 29.3 Å². The Morgan fingerprint density at radius 1 is 1.19 bits per heavy atom. The van der Waals surface area contributed by atoms with E-state index in [0.29, 0.717) is 5.75 Å². The summed E-state index contributed by atoms with van der Waals surface area (Å²) in [6.07, 6.45) is 4.41. The van der Waals surface area contributed by atoms with Crippen molar-refractivity contribution in [1.82, 2.24) is 0 Å². The van der Waals surface area contributed by atoms with Crippen LogP contribution in [0.1, 0.15) is 58.1 Å². The van der Waals surface area contributed by atoms with Crippen LogP contribution in [0.5, 0.6) is 5.75 Å². The van der Waals surface area contributed by atoms with Gasteiger partial charge in [0.1, 0.15) is 5.75 Å². The molecule has 0 heterocycles. The van der Waals surface area contributed by atoms with Crippen LogP contribution in [-0.2, 0) is 11.8 Å². The Hall–Kier alpha value is -0.980. The second kappa shape index (κ2) is 5.38. The number of aryl methyl sites for hydroxylation is 1. The van der Waals surface area contributed by atoms with Crippen molar-refractivity contribution in [2.75, 3.05) is 0 Å². The summed E-state index contributed by atoms with van der Waals surface area (Å²) in [4.78, 5) is 0. The van der Waals surface area contributed by atoms with Crippen LogP contribution in [0.4, 0.5) is 0 Å². The van der Waals surface area contributed by atoms with Gasteiger partial charge in [0.15, 0.2) is 0 Å². The van der Waals surface area contributed by atoms with Gasteiger partial charge in [-0.3, -0.25) is 0 Å². The van der Waals surface area contributed by atoms with Crippen molar-refractivity contribution >= 4 is 0 Å². The molecule has 16 heavy (non-hydrogen) atoms. The van der Waals surface area contributed by atoms with Gasteiger partial charge in [0.2, 0.25) is 0 Å². The molecule has 1 nitrogen and oxygen atoms in total. The molecule has 0 radical (unpaired) electrons. The topological polar surface area (TPSA) is 20.2 Å². The molecule has 1 rings (SSSR count). The molecule has 1 aromatic carbocycles. The number of phenols is 1. The van der Waals surface area contributed by atoms with E-state index in [2.05, 4.69) is 33.8 Å². The quantitative estimate of drug-likeness (QED) is 0.778. The van der Waals surface area contributed by atoms with E-state index in [9.17, 15) is 5.11 Å². The number of hydrogen-bond donors (Lipinski definition) is 1. The fraction of sp³-hybridized carbons (Fsp3) is 0.600. The molecule has 1 N–H and O–H groups in total. The van der Waals surface area contributed by atoms with Gasteiger partial charge in [-0.25, -0.2) is 0 Å². The molecule has 0 bridgehead atoms. The summed E-state index contributed by atoms with van der Waals surface area (Å²) in [5, 5.41) is 9.80. The van der Waals surface area contributed by atoms with Crippen LogP contribution in [0.2, 0.25) is 0 Å². The molecule has 0 saturated heterocycles. The molecule has 0 aliphatic heterocycles. The first-order chi connectivity index (χ1) is 7.51. The number of benzene rings is 1. The van der Waals surface area contributed by atoms with E-state index >= 15 is 0 Å². The molecule has 0 unspecified atom stereocenters. The normalized spacial score (nSPS) is 11.8. The van der Waals surface area contributed by atoms with E-state index in [1.54, 1.807) is 0 Å². The van der Waals surface area contributed by atoms with Gasteiger partial charge in [-0.2, -0.15) is 0 Å². The molecule has 0 aromatic heterocycles. The number of aromatic hydroxyl groups is 1. The number of rotatable bonds is 5. The lowest BCUT2D eigenvalue weighted by atomic mass is 9.81. The average molecular weight is 220 g/mol. The molecule has 0 aliphatic rings. The molecule has 1 heteroatoms. The molecule has 0 fully saturated rings. The fourth-order valence-electron chi connectivity index (χ4n) is 1.78. The lowest BCUT2D eigenvalue weighted by Crippen LogP contribution is -2.15. The van der Waals surface area contributed by atoms with Crippen LogP contribution in [0.3, 0.4) is 0 Å². The predicted molar refractivity (Wildman–Crippen MR) is 70.0 cm³/mol. The Kier molecular flexibility index (Phi) is 4.40. The third-order valence-corrected chi connectivity index (χ3v) is 3.54. The van der Waals surface area contributed by atoms with Gasteiger partial charge in [0.25, 0.3) is 0 Å². The van der Waals surface area contributed by atoms with Gasteiger partial charge in [0.05, 0.1) is 0 Å². The summed E-state index contributed by atoms with van der Waals surface area (Å²) < 4.78 is 0. The molecule has 0 saturated carbocycles. The number of unbranched alkanes of at least 4 members (excludes halogenated alkanes) is 1. The largest absolute Gasteiger partial charge is 0.508 e. The van der Waals surface area contributed by atoms with E-state index in [-0.39, 0.29) is 5.41 Å². The first-order valence-corrected chi connectivity index (χ1v) is 6.33. The zero-order valence-electron chi connectivity index (χ0n) is 11.0.